The van der Waals surface area contributed by atoms with E-state index in [9.17, 15) is 35.8 Å². The highest BCUT2D eigenvalue weighted by molar-refractivity contribution is 7.71. The molecule has 8 fully saturated rings. The third kappa shape index (κ3) is 22.3. The standard InChI is InChI=1S/C24H26ClF2N6O2P.C24H28ClN6O3P.C24H28ClN6O2P.C23H24ClF2N6O2P/c1-35-21-17(8-9-19(31-21)33-13-23(14-33)11-24(26,27)12-23)30-22-28-10-15(25)20(32-22)29-16-6-4-5-7-18(16)36(2,3)34;1-33-22-19(10-16(11-26-22)31-13-24(14-31)8-9-34-15-24)29-23-27-12-17(25)21(30-23)28-18-6-4-5-7-20(18)35(2,3)32;1-33-22-18(9-10-20(29-22)31-14-24(15-31)11-6-12-24)28-23-26-13-16(25)21(30-23)27-17-7-4-5-8-19(17)34(2,3)32;1-34-20-16(8-9-18(30-20)32-12-22(13-32)11-23(22,25)26)29-21-27-10-14(24)19(31-21)28-15-6-4-5-7-17(15)35(2,3)33/h4-10H,11-14H2,1-3H3,(H2,28,29,30,32);4-7,10-12H,8-9,13-15H2,1-3H3,(H2,27,28,29,30);4-5,7-10,13H,6,11-12,14-15H2,1-3H3,(H2,26,27,28,30);4-10H,11-13H2,1-3H3,(H2,27,28,29,31). The Bertz CT molecular complexity index is 6870. The minimum atomic E-state index is -2.57. The van der Waals surface area contributed by atoms with E-state index in [-0.39, 0.29) is 66.0 Å². The highest BCUT2D eigenvalue weighted by atomic mass is 35.5. The number of hydrogen-bond acceptors (Lipinski definition) is 33. The van der Waals surface area contributed by atoms with Crippen molar-refractivity contribution in [3.05, 3.63) is 191 Å². The fourth-order valence-corrected chi connectivity index (χ4v) is 23.4. The molecule has 3 saturated carbocycles. The summed E-state index contributed by atoms with van der Waals surface area (Å²) in [5, 5.41) is 29.4. The lowest BCUT2D eigenvalue weighted by atomic mass is 9.61. The molecule has 4 aromatic carbocycles. The van der Waals surface area contributed by atoms with Crippen molar-refractivity contribution in [1.29, 1.82) is 0 Å². The maximum absolute atomic E-state index is 13.5. The number of halogens is 8. The Morgan fingerprint density at radius 2 is 0.657 bits per heavy atom. The van der Waals surface area contributed by atoms with Crippen LogP contribution in [0.15, 0.2) is 171 Å². The van der Waals surface area contributed by atoms with Gasteiger partial charge in [0.15, 0.2) is 23.3 Å². The van der Waals surface area contributed by atoms with Crippen LogP contribution in [0.4, 0.5) is 133 Å². The number of ether oxygens (including phenoxy) is 5. The molecule has 0 unspecified atom stereocenters. The average Bonchev–Trinajstić information content (AvgIpc) is 1.52. The van der Waals surface area contributed by atoms with E-state index in [1.807, 2.05) is 125 Å². The van der Waals surface area contributed by atoms with Crippen molar-refractivity contribution in [1.82, 2.24) is 59.8 Å². The zero-order valence-corrected chi connectivity index (χ0v) is 85.4. The van der Waals surface area contributed by atoms with Crippen molar-refractivity contribution in [2.24, 2.45) is 21.7 Å². The summed E-state index contributed by atoms with van der Waals surface area (Å²) in [5.41, 5.74) is 5.63. The molecule has 8 aromatic heterocycles. The summed E-state index contributed by atoms with van der Waals surface area (Å²) in [6.45, 7) is 21.1. The zero-order valence-electron chi connectivity index (χ0n) is 78.8. The van der Waals surface area contributed by atoms with Crippen molar-refractivity contribution < 1.29 is 59.5 Å². The Kier molecular flexibility index (Phi) is 28.3. The number of para-hydroxylation sites is 4. The molecule has 0 atom stereocenters. The van der Waals surface area contributed by atoms with E-state index in [4.69, 9.17) is 75.1 Å². The van der Waals surface area contributed by atoms with Gasteiger partial charge in [-0.15, -0.1) is 0 Å². The van der Waals surface area contributed by atoms with E-state index in [1.165, 1.54) is 58.3 Å². The smallest absolute Gasteiger partial charge is 0.258 e. The monoisotopic (exact) mass is 2070 g/mol. The number of nitrogens with one attached hydrogen (secondary N) is 8. The third-order valence-electron chi connectivity index (χ3n) is 25.6. The molecule has 45 heteroatoms. The largest absolute Gasteiger partial charge is 0.480 e. The van der Waals surface area contributed by atoms with Gasteiger partial charge in [0, 0.05) is 116 Å². The fourth-order valence-electron chi connectivity index (χ4n) is 18.2. The van der Waals surface area contributed by atoms with Crippen LogP contribution in [-0.2, 0) is 23.0 Å². The van der Waals surface area contributed by atoms with Crippen LogP contribution in [0.2, 0.25) is 20.1 Å². The quantitative estimate of drug-likeness (QED) is 0.0167. The summed E-state index contributed by atoms with van der Waals surface area (Å²) in [5.74, 6) is 1.21. The van der Waals surface area contributed by atoms with Crippen molar-refractivity contribution in [3.8, 4) is 23.5 Å². The Morgan fingerprint density at radius 3 is 0.950 bits per heavy atom. The number of methoxy groups -OCH3 is 4. The number of rotatable bonds is 28. The Morgan fingerprint density at radius 1 is 0.343 bits per heavy atom. The lowest BCUT2D eigenvalue weighted by Gasteiger charge is -2.59. The van der Waals surface area contributed by atoms with Crippen molar-refractivity contribution >= 4 is 212 Å². The number of benzene rings is 4. The van der Waals surface area contributed by atoms with Gasteiger partial charge < -0.3 is 104 Å². The first-order chi connectivity index (χ1) is 66.5. The molecule has 4 spiro atoms. The summed E-state index contributed by atoms with van der Waals surface area (Å²) in [4.78, 5) is 61.7. The second kappa shape index (κ2) is 39.7. The molecule has 12 aromatic rings. The molecule has 13 heterocycles. The topological polar surface area (TPSA) is 378 Å². The Balaban J connectivity index is 0.000000129. The molecule has 5 saturated heterocycles. The SMILES string of the molecule is COc1nc(N2CC3(C2)CC(F)(F)C3)ccc1Nc1ncc(Cl)c(Nc2ccccc2P(C)(C)=O)n1.COc1nc(N2CC3(C2)CC3(F)F)ccc1Nc1ncc(Cl)c(Nc2ccccc2P(C)(C)=O)n1.COc1nc(N2CC3(CCC3)C2)ccc1Nc1ncc(Cl)c(Nc2ccccc2P(C)(C)=O)n1.COc1ncc(N2CC3(CCOC3)C2)cc1Nc1ncc(Cl)c(Nc2ccccc2P(C)(C)=O)n1. The van der Waals surface area contributed by atoms with Gasteiger partial charge in [0.25, 0.3) is 5.92 Å². The van der Waals surface area contributed by atoms with Crippen LogP contribution in [0.1, 0.15) is 44.9 Å². The first kappa shape index (κ1) is 99.9. The van der Waals surface area contributed by atoms with Gasteiger partial charge in [-0.2, -0.15) is 34.9 Å². The van der Waals surface area contributed by atoms with Gasteiger partial charge in [0.05, 0.1) is 99.9 Å². The molecule has 0 bridgehead atoms. The molecule has 0 amide bonds. The van der Waals surface area contributed by atoms with Crippen LogP contribution in [-0.4, -0.2) is 219 Å². The molecule has 140 heavy (non-hydrogen) atoms. The number of nitrogens with zero attached hydrogens (tertiary/aromatic N) is 16. The van der Waals surface area contributed by atoms with Crippen LogP contribution in [0.5, 0.6) is 23.5 Å². The van der Waals surface area contributed by atoms with Crippen LogP contribution >= 0.6 is 75.0 Å². The second-order valence-corrected chi connectivity index (χ2v) is 52.3. The highest BCUT2D eigenvalue weighted by Gasteiger charge is 2.76. The van der Waals surface area contributed by atoms with E-state index in [0.29, 0.717) is 154 Å². The summed E-state index contributed by atoms with van der Waals surface area (Å²) >= 11 is 25.4. The maximum atomic E-state index is 13.5. The lowest BCUT2D eigenvalue weighted by molar-refractivity contribution is -0.170. The summed E-state index contributed by atoms with van der Waals surface area (Å²) in [6, 6.07) is 42.4. The van der Waals surface area contributed by atoms with Gasteiger partial charge in [-0.25, -0.2) is 42.5 Å². The second-order valence-electron chi connectivity index (χ2n) is 37.9. The predicted molar refractivity (Wildman–Crippen MR) is 551 cm³/mol. The molecular formula is C95H106Cl4F4N24O9P4. The van der Waals surface area contributed by atoms with Gasteiger partial charge in [-0.3, -0.25) is 0 Å². The van der Waals surface area contributed by atoms with Crippen molar-refractivity contribution in [3.63, 3.8) is 0 Å². The summed E-state index contributed by atoms with van der Waals surface area (Å²) in [6.07, 6.45) is 12.7. The molecular weight excluding hydrogens is 1960 g/mol. The van der Waals surface area contributed by atoms with Gasteiger partial charge in [-0.05, 0) is 164 Å². The van der Waals surface area contributed by atoms with E-state index in [1.54, 1.807) is 97.9 Å². The van der Waals surface area contributed by atoms with E-state index < -0.39 is 45.8 Å². The summed E-state index contributed by atoms with van der Waals surface area (Å²) < 4.78 is 132. The Labute approximate surface area is 827 Å². The molecule has 8 N–H and O–H groups in total. The molecule has 5 aliphatic heterocycles. The predicted octanol–water partition coefficient (Wildman–Crippen LogP) is 20.4. The van der Waals surface area contributed by atoms with Gasteiger partial charge in [0.1, 0.15) is 88.9 Å². The number of pyridine rings is 4. The summed E-state index contributed by atoms with van der Waals surface area (Å²) in [7, 11) is -3.94. The van der Waals surface area contributed by atoms with E-state index in [0.717, 1.165) is 67.9 Å². The number of alkyl halides is 4. The maximum Gasteiger partial charge on any atom is 0.258 e. The molecule has 33 nitrogen and oxygen atoms in total. The van der Waals surface area contributed by atoms with Crippen LogP contribution in [0, 0.1) is 21.7 Å². The van der Waals surface area contributed by atoms with Crippen LogP contribution in [0.3, 0.4) is 0 Å². The molecule has 20 rings (SSSR count). The molecule has 8 aliphatic rings. The lowest BCUT2D eigenvalue weighted by Crippen LogP contribution is -2.66. The molecule has 736 valence electrons. The molecule has 3 aliphatic carbocycles. The normalized spacial score (nSPS) is 17.2. The first-order valence-corrected chi connectivity index (χ1v) is 56.8. The van der Waals surface area contributed by atoms with Gasteiger partial charge in [-0.1, -0.05) is 101 Å². The first-order valence-electron chi connectivity index (χ1n) is 44.9. The number of aromatic nitrogens is 12. The third-order valence-corrected chi connectivity index (χ3v) is 32.9. The fraction of sp³-hybridized carbons (Fsp3) is 0.368. The minimum absolute atomic E-state index is 0.0594. The number of hydrogen-bond donors (Lipinski definition) is 8. The molecule has 0 radical (unpaired) electrons. The number of anilines is 20. The van der Waals surface area contributed by atoms with Gasteiger partial charge in [0.2, 0.25) is 53.2 Å². The van der Waals surface area contributed by atoms with Crippen LogP contribution < -0.4 is 102 Å². The van der Waals surface area contributed by atoms with Crippen LogP contribution in [0.25, 0.3) is 0 Å². The van der Waals surface area contributed by atoms with Crippen molar-refractivity contribution in [2.45, 2.75) is 56.8 Å². The minimum Gasteiger partial charge on any atom is -0.480 e. The highest BCUT2D eigenvalue weighted by Crippen LogP contribution is 2.66. The van der Waals surface area contributed by atoms with E-state index in [2.05, 4.69) is 107 Å². The van der Waals surface area contributed by atoms with E-state index >= 15 is 0 Å². The average molecular weight is 2070 g/mol. The zero-order chi connectivity index (χ0) is 99.3. The Hall–Kier alpha value is -11.6. The van der Waals surface area contributed by atoms with Crippen molar-refractivity contribution in [2.75, 3.05) is 209 Å². The van der Waals surface area contributed by atoms with Gasteiger partial charge >= 0.3 is 0 Å².